The molecule has 0 fully saturated rings. The van der Waals surface area contributed by atoms with Crippen molar-refractivity contribution in [3.63, 3.8) is 0 Å². The van der Waals surface area contributed by atoms with Gasteiger partial charge in [-0.15, -0.1) is 11.3 Å². The van der Waals surface area contributed by atoms with Gasteiger partial charge in [0.2, 0.25) is 0 Å². The van der Waals surface area contributed by atoms with E-state index in [0.29, 0.717) is 0 Å². The van der Waals surface area contributed by atoms with Crippen LogP contribution in [0.5, 0.6) is 0 Å². The van der Waals surface area contributed by atoms with E-state index in [1.54, 1.807) is 29.4 Å². The fourth-order valence-electron chi connectivity index (χ4n) is 1.10. The molecular formula is C7H8N2OS. The average Bonchev–Trinajstić information content (AvgIpc) is 2.54. The molecule has 0 spiro atoms. The van der Waals surface area contributed by atoms with Gasteiger partial charge in [-0.05, 0) is 11.4 Å². The molecule has 0 radical (unpaired) electrons. The van der Waals surface area contributed by atoms with Crippen molar-refractivity contribution in [2.24, 2.45) is 0 Å². The van der Waals surface area contributed by atoms with Gasteiger partial charge >= 0.3 is 0 Å². The van der Waals surface area contributed by atoms with Crippen LogP contribution in [0.25, 0.3) is 10.2 Å². The number of rotatable bonds is 1. The Kier molecular flexibility index (Phi) is 1.29. The predicted molar refractivity (Wildman–Crippen MR) is 46.7 cm³/mol. The van der Waals surface area contributed by atoms with Crippen LogP contribution in [0.1, 0.15) is 0 Å². The number of nitrogens with zero attached hydrogens (tertiary/aromatic N) is 1. The molecule has 0 bridgehead atoms. The van der Waals surface area contributed by atoms with E-state index in [9.17, 15) is 0 Å². The van der Waals surface area contributed by atoms with Crippen molar-refractivity contribution in [2.75, 3.05) is 12.8 Å². The summed E-state index contributed by atoms with van der Waals surface area (Å²) in [5.41, 5.74) is 7.52. The summed E-state index contributed by atoms with van der Waals surface area (Å²) in [5, 5.41) is 2.00. The van der Waals surface area contributed by atoms with Crippen LogP contribution in [0.4, 0.5) is 5.69 Å². The summed E-state index contributed by atoms with van der Waals surface area (Å²) in [6.45, 7) is 0. The first-order valence-electron chi connectivity index (χ1n) is 3.21. The highest BCUT2D eigenvalue weighted by Crippen LogP contribution is 2.27. The topological polar surface area (TPSA) is 40.2 Å². The Morgan fingerprint density at radius 1 is 1.64 bits per heavy atom. The van der Waals surface area contributed by atoms with E-state index in [2.05, 4.69) is 0 Å². The maximum absolute atomic E-state index is 5.71. The first-order valence-corrected chi connectivity index (χ1v) is 4.09. The maximum Gasteiger partial charge on any atom is 0.104 e. The van der Waals surface area contributed by atoms with Crippen LogP contribution in [-0.4, -0.2) is 11.8 Å². The second-order valence-electron chi connectivity index (χ2n) is 2.23. The van der Waals surface area contributed by atoms with Gasteiger partial charge < -0.3 is 10.6 Å². The van der Waals surface area contributed by atoms with Crippen LogP contribution in [0.15, 0.2) is 17.6 Å². The van der Waals surface area contributed by atoms with E-state index >= 15 is 0 Å². The minimum absolute atomic E-state index is 0.775. The van der Waals surface area contributed by atoms with Gasteiger partial charge in [-0.25, -0.2) is 0 Å². The van der Waals surface area contributed by atoms with Gasteiger partial charge in [0.1, 0.15) is 7.11 Å². The third kappa shape index (κ3) is 0.793. The molecule has 0 aliphatic heterocycles. The Morgan fingerprint density at radius 3 is 3.18 bits per heavy atom. The van der Waals surface area contributed by atoms with Crippen LogP contribution in [0.2, 0.25) is 0 Å². The minimum Gasteiger partial charge on any atom is -0.417 e. The Bertz CT molecular complexity index is 377. The standard InChI is InChI=1S/C7H8N2OS/c1-10-9-4-5(8)7-6(9)2-3-11-7/h2-4H,8H2,1H3. The predicted octanol–water partition coefficient (Wildman–Crippen LogP) is 1.34. The fraction of sp³-hybridized carbons (Fsp3) is 0.143. The van der Waals surface area contributed by atoms with Crippen molar-refractivity contribution in [1.29, 1.82) is 0 Å². The molecule has 2 aromatic heterocycles. The minimum atomic E-state index is 0.775. The van der Waals surface area contributed by atoms with Gasteiger partial charge in [-0.2, -0.15) is 4.73 Å². The number of hydrogen-bond donors (Lipinski definition) is 1. The lowest BCUT2D eigenvalue weighted by Gasteiger charge is -1.97. The summed E-state index contributed by atoms with van der Waals surface area (Å²) < 4.78 is 2.76. The van der Waals surface area contributed by atoms with E-state index < -0.39 is 0 Å². The number of aromatic nitrogens is 1. The zero-order valence-electron chi connectivity index (χ0n) is 6.07. The molecule has 0 saturated carbocycles. The molecule has 2 rings (SSSR count). The molecule has 3 nitrogen and oxygen atoms in total. The highest BCUT2D eigenvalue weighted by molar-refractivity contribution is 7.17. The van der Waals surface area contributed by atoms with Crippen LogP contribution in [0, 0.1) is 0 Å². The number of hydrogen-bond acceptors (Lipinski definition) is 3. The number of nitrogens with two attached hydrogens (primary N) is 1. The maximum atomic E-state index is 5.71. The molecule has 0 atom stereocenters. The lowest BCUT2D eigenvalue weighted by atomic mass is 10.5. The van der Waals surface area contributed by atoms with Crippen LogP contribution in [-0.2, 0) is 0 Å². The van der Waals surface area contributed by atoms with E-state index in [-0.39, 0.29) is 0 Å². The highest BCUT2D eigenvalue weighted by atomic mass is 32.1. The van der Waals surface area contributed by atoms with Gasteiger partial charge in [0.15, 0.2) is 0 Å². The monoisotopic (exact) mass is 168 g/mol. The number of fused-ring (bicyclic) bond motifs is 1. The third-order valence-electron chi connectivity index (χ3n) is 1.60. The zero-order chi connectivity index (χ0) is 7.84. The van der Waals surface area contributed by atoms with Crippen molar-refractivity contribution < 1.29 is 4.84 Å². The fourth-order valence-corrected chi connectivity index (χ4v) is 1.90. The Hall–Kier alpha value is -1.16. The molecule has 4 heteroatoms. The van der Waals surface area contributed by atoms with E-state index in [1.165, 1.54) is 0 Å². The van der Waals surface area contributed by atoms with Gasteiger partial charge in [-0.1, -0.05) is 0 Å². The van der Waals surface area contributed by atoms with E-state index in [0.717, 1.165) is 15.9 Å². The smallest absolute Gasteiger partial charge is 0.104 e. The molecule has 0 unspecified atom stereocenters. The number of thiophene rings is 1. The summed E-state index contributed by atoms with van der Waals surface area (Å²) in [4.78, 5) is 5.05. The van der Waals surface area contributed by atoms with Crippen molar-refractivity contribution in [3.05, 3.63) is 17.6 Å². The second-order valence-corrected chi connectivity index (χ2v) is 3.14. The van der Waals surface area contributed by atoms with E-state index in [4.69, 9.17) is 10.6 Å². The molecule has 2 heterocycles. The van der Waals surface area contributed by atoms with Gasteiger partial charge in [0, 0.05) is 0 Å². The summed E-state index contributed by atoms with van der Waals surface area (Å²) in [7, 11) is 1.62. The molecular weight excluding hydrogens is 160 g/mol. The van der Waals surface area contributed by atoms with Crippen molar-refractivity contribution >= 4 is 27.2 Å². The number of anilines is 1. The average molecular weight is 168 g/mol. The first kappa shape index (κ1) is 6.54. The van der Waals surface area contributed by atoms with Crippen LogP contribution >= 0.6 is 11.3 Å². The van der Waals surface area contributed by atoms with Crippen LogP contribution in [0.3, 0.4) is 0 Å². The molecule has 0 saturated heterocycles. The molecule has 0 aromatic carbocycles. The number of nitrogen functional groups attached to an aromatic ring is 1. The summed E-state index contributed by atoms with van der Waals surface area (Å²) >= 11 is 1.62. The second kappa shape index (κ2) is 2.17. The Morgan fingerprint density at radius 2 is 2.45 bits per heavy atom. The van der Waals surface area contributed by atoms with Gasteiger partial charge in [-0.3, -0.25) is 0 Å². The largest absolute Gasteiger partial charge is 0.417 e. The Labute approximate surface area is 67.9 Å². The molecule has 58 valence electrons. The highest BCUT2D eigenvalue weighted by Gasteiger charge is 2.05. The first-order chi connectivity index (χ1) is 5.33. The van der Waals surface area contributed by atoms with Gasteiger partial charge in [0.05, 0.1) is 22.1 Å². The van der Waals surface area contributed by atoms with Crippen LogP contribution < -0.4 is 10.6 Å². The normalized spacial score (nSPS) is 10.6. The van der Waals surface area contributed by atoms with Crippen molar-refractivity contribution in [1.82, 2.24) is 4.73 Å². The molecule has 0 aliphatic rings. The Balaban J connectivity index is 2.80. The molecule has 11 heavy (non-hydrogen) atoms. The lowest BCUT2D eigenvalue weighted by Crippen LogP contribution is -2.02. The quantitative estimate of drug-likeness (QED) is 0.698. The van der Waals surface area contributed by atoms with Crippen molar-refractivity contribution in [2.45, 2.75) is 0 Å². The molecule has 0 aliphatic carbocycles. The van der Waals surface area contributed by atoms with Crippen molar-refractivity contribution in [3.8, 4) is 0 Å². The van der Waals surface area contributed by atoms with E-state index in [1.807, 2.05) is 11.4 Å². The summed E-state index contributed by atoms with van der Waals surface area (Å²) in [6, 6.07) is 1.99. The zero-order valence-corrected chi connectivity index (χ0v) is 6.89. The molecule has 0 amide bonds. The summed E-state index contributed by atoms with van der Waals surface area (Å²) in [5.74, 6) is 0. The lowest BCUT2D eigenvalue weighted by molar-refractivity contribution is 0.179. The third-order valence-corrected chi connectivity index (χ3v) is 2.55. The van der Waals surface area contributed by atoms with Gasteiger partial charge in [0.25, 0.3) is 0 Å². The molecule has 2 aromatic rings. The SMILES string of the molecule is COn1cc(N)c2sccc21. The summed E-state index contributed by atoms with van der Waals surface area (Å²) in [6.07, 6.45) is 1.78. The molecule has 2 N–H and O–H groups in total.